The summed E-state index contributed by atoms with van der Waals surface area (Å²) < 4.78 is 0. The molecule has 1 saturated heterocycles. The van der Waals surface area contributed by atoms with Gasteiger partial charge in [-0.25, -0.2) is 0 Å². The van der Waals surface area contributed by atoms with Crippen molar-refractivity contribution < 1.29 is 0 Å². The minimum atomic E-state index is 0.546. The van der Waals surface area contributed by atoms with Crippen molar-refractivity contribution in [3.63, 3.8) is 0 Å². The van der Waals surface area contributed by atoms with Crippen LogP contribution in [0.1, 0.15) is 61.8 Å². The molecule has 25 heavy (non-hydrogen) atoms. The number of aromatic amines is 1. The van der Waals surface area contributed by atoms with Crippen molar-refractivity contribution in [2.24, 2.45) is 0 Å². The number of nitrogens with one attached hydrogen (secondary N) is 1. The summed E-state index contributed by atoms with van der Waals surface area (Å²) in [6.45, 7) is 6.85. The maximum atomic E-state index is 3.39. The molecule has 0 amide bonds. The molecule has 3 aromatic rings. The van der Waals surface area contributed by atoms with Gasteiger partial charge in [0.1, 0.15) is 0 Å². The van der Waals surface area contributed by atoms with E-state index in [-0.39, 0.29) is 0 Å². The summed E-state index contributed by atoms with van der Waals surface area (Å²) in [7, 11) is 0. The third kappa shape index (κ3) is 3.23. The van der Waals surface area contributed by atoms with Crippen LogP contribution >= 0.6 is 0 Å². The SMILES string of the molecule is CC(C)c1ccc2[nH]ccc2c1CN1CCCCC1c1ccccc1. The summed E-state index contributed by atoms with van der Waals surface area (Å²) >= 11 is 0. The van der Waals surface area contributed by atoms with Gasteiger partial charge in [0.15, 0.2) is 0 Å². The average Bonchev–Trinajstić information content (AvgIpc) is 3.12. The van der Waals surface area contributed by atoms with E-state index in [0.717, 1.165) is 6.54 Å². The molecule has 0 radical (unpaired) electrons. The highest BCUT2D eigenvalue weighted by Crippen LogP contribution is 2.35. The predicted molar refractivity (Wildman–Crippen MR) is 106 cm³/mol. The predicted octanol–water partition coefficient (Wildman–Crippen LogP) is 6.02. The molecule has 1 aliphatic heterocycles. The van der Waals surface area contributed by atoms with E-state index in [2.05, 4.69) is 78.5 Å². The summed E-state index contributed by atoms with van der Waals surface area (Å²) in [6.07, 6.45) is 5.98. The molecule has 2 aromatic carbocycles. The Hall–Kier alpha value is -2.06. The Morgan fingerprint density at radius 2 is 1.88 bits per heavy atom. The van der Waals surface area contributed by atoms with Crippen LogP contribution in [-0.4, -0.2) is 16.4 Å². The third-order valence-corrected chi connectivity index (χ3v) is 5.66. The van der Waals surface area contributed by atoms with Crippen LogP contribution in [0, 0.1) is 0 Å². The second-order valence-electron chi connectivity index (χ2n) is 7.62. The van der Waals surface area contributed by atoms with Gasteiger partial charge in [0.2, 0.25) is 0 Å². The van der Waals surface area contributed by atoms with Gasteiger partial charge in [0.05, 0.1) is 0 Å². The van der Waals surface area contributed by atoms with Gasteiger partial charge in [-0.3, -0.25) is 4.90 Å². The van der Waals surface area contributed by atoms with Gasteiger partial charge >= 0.3 is 0 Å². The number of benzene rings is 2. The molecule has 2 nitrogen and oxygen atoms in total. The monoisotopic (exact) mass is 332 g/mol. The second kappa shape index (κ2) is 7.05. The first-order valence-corrected chi connectivity index (χ1v) is 9.62. The third-order valence-electron chi connectivity index (χ3n) is 5.66. The molecule has 1 fully saturated rings. The molecular weight excluding hydrogens is 304 g/mol. The molecule has 4 rings (SSSR count). The lowest BCUT2D eigenvalue weighted by Crippen LogP contribution is -2.33. The Kier molecular flexibility index (Phi) is 4.63. The summed E-state index contributed by atoms with van der Waals surface area (Å²) in [4.78, 5) is 6.09. The highest BCUT2D eigenvalue weighted by atomic mass is 15.2. The summed E-state index contributed by atoms with van der Waals surface area (Å²) in [5, 5.41) is 1.39. The van der Waals surface area contributed by atoms with Gasteiger partial charge in [-0.1, -0.05) is 56.7 Å². The number of fused-ring (bicyclic) bond motifs is 1. The van der Waals surface area contributed by atoms with Crippen molar-refractivity contribution in [2.75, 3.05) is 6.54 Å². The van der Waals surface area contributed by atoms with Crippen LogP contribution in [0.15, 0.2) is 54.7 Å². The Morgan fingerprint density at radius 1 is 1.04 bits per heavy atom. The number of aromatic nitrogens is 1. The maximum absolute atomic E-state index is 3.39. The molecule has 0 bridgehead atoms. The molecule has 0 saturated carbocycles. The number of likely N-dealkylation sites (tertiary alicyclic amines) is 1. The van der Waals surface area contributed by atoms with Crippen LogP contribution in [0.3, 0.4) is 0 Å². The van der Waals surface area contributed by atoms with Crippen LogP contribution in [0.25, 0.3) is 10.9 Å². The highest BCUT2D eigenvalue weighted by Gasteiger charge is 2.25. The molecule has 0 spiro atoms. The normalized spacial score (nSPS) is 18.9. The molecule has 130 valence electrons. The van der Waals surface area contributed by atoms with Crippen LogP contribution in [0.5, 0.6) is 0 Å². The largest absolute Gasteiger partial charge is 0.361 e. The van der Waals surface area contributed by atoms with Gasteiger partial charge in [-0.15, -0.1) is 0 Å². The zero-order chi connectivity index (χ0) is 17.2. The van der Waals surface area contributed by atoms with E-state index >= 15 is 0 Å². The maximum Gasteiger partial charge on any atom is 0.0457 e. The Labute approximate surface area is 150 Å². The van der Waals surface area contributed by atoms with Crippen LogP contribution in [-0.2, 0) is 6.54 Å². The van der Waals surface area contributed by atoms with Crippen molar-refractivity contribution >= 4 is 10.9 Å². The highest BCUT2D eigenvalue weighted by molar-refractivity contribution is 5.84. The fourth-order valence-corrected chi connectivity index (χ4v) is 4.37. The van der Waals surface area contributed by atoms with Crippen LogP contribution in [0.4, 0.5) is 0 Å². The molecule has 1 aliphatic rings. The lowest BCUT2D eigenvalue weighted by atomic mass is 9.91. The Bertz CT molecular complexity index is 832. The number of nitrogens with zero attached hydrogens (tertiary/aromatic N) is 1. The summed E-state index contributed by atoms with van der Waals surface area (Å²) in [5.74, 6) is 0.550. The number of hydrogen-bond acceptors (Lipinski definition) is 1. The van der Waals surface area contributed by atoms with Gasteiger partial charge < -0.3 is 4.98 Å². The molecule has 1 atom stereocenters. The van der Waals surface area contributed by atoms with Crippen LogP contribution < -0.4 is 0 Å². The fourth-order valence-electron chi connectivity index (χ4n) is 4.37. The first-order valence-electron chi connectivity index (χ1n) is 9.62. The van der Waals surface area contributed by atoms with E-state index in [1.807, 2.05) is 0 Å². The quantitative estimate of drug-likeness (QED) is 0.619. The summed E-state index contributed by atoms with van der Waals surface area (Å²) in [5.41, 5.74) is 5.73. The molecule has 2 heteroatoms. The smallest absolute Gasteiger partial charge is 0.0457 e. The van der Waals surface area contributed by atoms with Gasteiger partial charge in [0, 0.05) is 29.7 Å². The van der Waals surface area contributed by atoms with Crippen molar-refractivity contribution in [2.45, 2.75) is 51.6 Å². The first-order chi connectivity index (χ1) is 12.2. The molecule has 1 unspecified atom stereocenters. The summed E-state index contributed by atoms with van der Waals surface area (Å²) in [6, 6.07) is 18.4. The van der Waals surface area contributed by atoms with Crippen molar-refractivity contribution in [3.05, 3.63) is 71.4 Å². The topological polar surface area (TPSA) is 19.0 Å². The van der Waals surface area contributed by atoms with Crippen molar-refractivity contribution in [1.82, 2.24) is 9.88 Å². The standard InChI is InChI=1S/C23H28N2/c1-17(2)19-11-12-22-20(13-14-24-22)21(19)16-25-15-7-6-10-23(25)18-8-4-3-5-9-18/h3-5,8-9,11-14,17,23-24H,6-7,10,15-16H2,1-2H3. The number of H-pyrrole nitrogens is 1. The first kappa shape index (κ1) is 16.4. The lowest BCUT2D eigenvalue weighted by molar-refractivity contribution is 0.140. The number of hydrogen-bond donors (Lipinski definition) is 1. The zero-order valence-corrected chi connectivity index (χ0v) is 15.3. The molecule has 0 aliphatic carbocycles. The van der Waals surface area contributed by atoms with Crippen LogP contribution in [0.2, 0.25) is 0 Å². The van der Waals surface area contributed by atoms with Crippen molar-refractivity contribution in [1.29, 1.82) is 0 Å². The van der Waals surface area contributed by atoms with Gasteiger partial charge in [-0.2, -0.15) is 0 Å². The second-order valence-corrected chi connectivity index (χ2v) is 7.62. The van der Waals surface area contributed by atoms with E-state index in [4.69, 9.17) is 0 Å². The number of piperidine rings is 1. The van der Waals surface area contributed by atoms with E-state index in [1.54, 1.807) is 0 Å². The Balaban J connectivity index is 1.71. The zero-order valence-electron chi connectivity index (χ0n) is 15.3. The number of rotatable bonds is 4. The minimum absolute atomic E-state index is 0.546. The van der Waals surface area contributed by atoms with Crippen molar-refractivity contribution in [3.8, 4) is 0 Å². The molecule has 1 N–H and O–H groups in total. The van der Waals surface area contributed by atoms with Gasteiger partial charge in [-0.05, 0) is 54.1 Å². The lowest BCUT2D eigenvalue weighted by Gasteiger charge is -2.37. The minimum Gasteiger partial charge on any atom is -0.361 e. The molecular formula is C23H28N2. The van der Waals surface area contributed by atoms with Gasteiger partial charge in [0.25, 0.3) is 0 Å². The van der Waals surface area contributed by atoms with E-state index in [1.165, 1.54) is 53.4 Å². The average molecular weight is 332 g/mol. The Morgan fingerprint density at radius 3 is 2.68 bits per heavy atom. The fraction of sp³-hybridized carbons (Fsp3) is 0.391. The molecule has 1 aromatic heterocycles. The van der Waals surface area contributed by atoms with E-state index in [9.17, 15) is 0 Å². The van der Waals surface area contributed by atoms with E-state index < -0.39 is 0 Å². The van der Waals surface area contributed by atoms with E-state index in [0.29, 0.717) is 12.0 Å². The molecule has 2 heterocycles.